The molecular weight excluding hydrogens is 206 g/mol. The molecule has 0 radical (unpaired) electrons. The summed E-state index contributed by atoms with van der Waals surface area (Å²) in [5.41, 5.74) is 1.74. The fraction of sp³-hybridized carbons (Fsp3) is 0.167. The van der Waals surface area contributed by atoms with Crippen molar-refractivity contribution >= 4 is 17.4 Å². The third-order valence-electron chi connectivity index (χ3n) is 2.56. The summed E-state index contributed by atoms with van der Waals surface area (Å²) in [6.45, 7) is 2.03. The van der Waals surface area contributed by atoms with Gasteiger partial charge in [0.05, 0.1) is 5.57 Å². The number of hydrogen-bond acceptors (Lipinski definition) is 3. The molecule has 1 aliphatic heterocycles. The molecule has 1 aromatic rings. The smallest absolute Gasteiger partial charge is 0.293 e. The number of carbonyl (C=O) groups excluding carboxylic acids is 2. The zero-order valence-corrected chi connectivity index (χ0v) is 8.78. The number of aliphatic hydroxyl groups excluding tert-OH is 1. The summed E-state index contributed by atoms with van der Waals surface area (Å²) in [5.74, 6) is -1.79. The van der Waals surface area contributed by atoms with Crippen LogP contribution in [0.4, 0.5) is 0 Å². The Kier molecular flexibility index (Phi) is 2.48. The molecule has 0 spiro atoms. The lowest BCUT2D eigenvalue weighted by molar-refractivity contribution is -0.124. The van der Waals surface area contributed by atoms with Gasteiger partial charge in [-0.15, -0.1) is 0 Å². The van der Waals surface area contributed by atoms with Crippen molar-refractivity contribution in [2.45, 2.75) is 13.3 Å². The van der Waals surface area contributed by atoms with Crippen molar-refractivity contribution < 1.29 is 14.7 Å². The number of aliphatic hydroxyl groups is 1. The molecule has 0 unspecified atom stereocenters. The predicted octanol–water partition coefficient (Wildman–Crippen LogP) is 1.17. The molecule has 1 aliphatic rings. The lowest BCUT2D eigenvalue weighted by Gasteiger charge is -2.01. The van der Waals surface area contributed by atoms with Crippen molar-refractivity contribution in [3.63, 3.8) is 0 Å². The highest BCUT2D eigenvalue weighted by Crippen LogP contribution is 2.22. The first-order chi connectivity index (χ1) is 7.63. The van der Waals surface area contributed by atoms with Gasteiger partial charge < -0.3 is 5.11 Å². The fourth-order valence-electron chi connectivity index (χ4n) is 1.62. The van der Waals surface area contributed by atoms with E-state index < -0.39 is 17.6 Å². The molecule has 0 saturated heterocycles. The number of amides is 2. The predicted molar refractivity (Wildman–Crippen MR) is 58.5 cm³/mol. The van der Waals surface area contributed by atoms with E-state index in [-0.39, 0.29) is 5.57 Å². The molecule has 1 heterocycles. The molecule has 2 N–H and O–H groups in total. The van der Waals surface area contributed by atoms with E-state index in [0.29, 0.717) is 5.56 Å². The van der Waals surface area contributed by atoms with Crippen LogP contribution in [0.5, 0.6) is 0 Å². The fourth-order valence-corrected chi connectivity index (χ4v) is 1.62. The van der Waals surface area contributed by atoms with Crippen molar-refractivity contribution in [3.8, 4) is 0 Å². The molecule has 0 bridgehead atoms. The molecule has 16 heavy (non-hydrogen) atoms. The molecule has 0 aromatic heterocycles. The molecule has 82 valence electrons. The van der Waals surface area contributed by atoms with Gasteiger partial charge >= 0.3 is 0 Å². The quantitative estimate of drug-likeness (QED) is 0.731. The van der Waals surface area contributed by atoms with E-state index in [1.165, 1.54) is 0 Å². The van der Waals surface area contributed by atoms with E-state index in [2.05, 4.69) is 0 Å². The first-order valence-electron chi connectivity index (χ1n) is 5.01. The van der Waals surface area contributed by atoms with Gasteiger partial charge in [-0.1, -0.05) is 31.2 Å². The maximum absolute atomic E-state index is 11.4. The molecule has 4 nitrogen and oxygen atoms in total. The Morgan fingerprint density at radius 2 is 1.75 bits per heavy atom. The van der Waals surface area contributed by atoms with Gasteiger partial charge in [-0.25, -0.2) is 0 Å². The van der Waals surface area contributed by atoms with Gasteiger partial charge in [0, 0.05) is 0 Å². The van der Waals surface area contributed by atoms with Crippen molar-refractivity contribution in [2.24, 2.45) is 0 Å². The molecule has 2 amide bonds. The SMILES string of the molecule is CCc1ccc(C2=C(O)C(=O)NC2=O)cc1. The van der Waals surface area contributed by atoms with Gasteiger partial charge in [0.15, 0.2) is 5.76 Å². The highest BCUT2D eigenvalue weighted by atomic mass is 16.3. The number of benzene rings is 1. The summed E-state index contributed by atoms with van der Waals surface area (Å²) in [4.78, 5) is 22.5. The second-order valence-electron chi connectivity index (χ2n) is 3.56. The Labute approximate surface area is 92.6 Å². The molecule has 1 aromatic carbocycles. The van der Waals surface area contributed by atoms with Crippen LogP contribution in [0.2, 0.25) is 0 Å². The maximum atomic E-state index is 11.4. The van der Waals surface area contributed by atoms with Gasteiger partial charge in [0.2, 0.25) is 0 Å². The topological polar surface area (TPSA) is 66.4 Å². The maximum Gasteiger partial charge on any atom is 0.293 e. The second-order valence-corrected chi connectivity index (χ2v) is 3.56. The van der Waals surface area contributed by atoms with E-state index in [1.807, 2.05) is 24.4 Å². The van der Waals surface area contributed by atoms with Crippen molar-refractivity contribution in [2.75, 3.05) is 0 Å². The summed E-state index contributed by atoms with van der Waals surface area (Å²) in [6.07, 6.45) is 0.899. The third-order valence-corrected chi connectivity index (χ3v) is 2.56. The van der Waals surface area contributed by atoms with E-state index in [9.17, 15) is 14.7 Å². The summed E-state index contributed by atoms with van der Waals surface area (Å²) in [5, 5.41) is 11.5. The number of hydrogen-bond donors (Lipinski definition) is 2. The molecule has 0 saturated carbocycles. The lowest BCUT2D eigenvalue weighted by atomic mass is 10.0. The van der Waals surface area contributed by atoms with Crippen LogP contribution in [0, 0.1) is 0 Å². The molecule has 2 rings (SSSR count). The van der Waals surface area contributed by atoms with Gasteiger partial charge in [-0.2, -0.15) is 0 Å². The number of nitrogens with one attached hydrogen (secondary N) is 1. The number of aryl methyl sites for hydroxylation is 1. The minimum absolute atomic E-state index is 0.0488. The van der Waals surface area contributed by atoms with Crippen molar-refractivity contribution in [1.82, 2.24) is 5.32 Å². The minimum atomic E-state index is -0.737. The Hall–Kier alpha value is -2.10. The van der Waals surface area contributed by atoms with Crippen LogP contribution in [-0.2, 0) is 16.0 Å². The molecule has 4 heteroatoms. The van der Waals surface area contributed by atoms with Crippen LogP contribution in [-0.4, -0.2) is 16.9 Å². The first kappa shape index (κ1) is 10.4. The monoisotopic (exact) mass is 217 g/mol. The number of imide groups is 1. The van der Waals surface area contributed by atoms with Crippen LogP contribution in [0.15, 0.2) is 30.0 Å². The minimum Gasteiger partial charge on any atom is -0.502 e. The molecule has 0 aliphatic carbocycles. The Morgan fingerprint density at radius 3 is 2.19 bits per heavy atom. The summed E-state index contributed by atoms with van der Waals surface area (Å²) in [7, 11) is 0. The van der Waals surface area contributed by atoms with Crippen LogP contribution in [0.25, 0.3) is 5.57 Å². The van der Waals surface area contributed by atoms with Gasteiger partial charge in [-0.05, 0) is 17.5 Å². The average molecular weight is 217 g/mol. The standard InChI is InChI=1S/C12H11NO3/c1-2-7-3-5-8(6-4-7)9-10(14)12(16)13-11(9)15/h3-6H,2H2,1H3,(H2,13,14,15,16). The normalized spacial score (nSPS) is 15.6. The molecule has 0 atom stereocenters. The van der Waals surface area contributed by atoms with Crippen LogP contribution >= 0.6 is 0 Å². The van der Waals surface area contributed by atoms with E-state index in [1.54, 1.807) is 12.1 Å². The Balaban J connectivity index is 2.44. The van der Waals surface area contributed by atoms with E-state index >= 15 is 0 Å². The van der Waals surface area contributed by atoms with Crippen molar-refractivity contribution in [1.29, 1.82) is 0 Å². The highest BCUT2D eigenvalue weighted by Gasteiger charge is 2.30. The van der Waals surface area contributed by atoms with Crippen LogP contribution < -0.4 is 5.32 Å². The largest absolute Gasteiger partial charge is 0.502 e. The Bertz CT molecular complexity index is 485. The number of rotatable bonds is 2. The number of carbonyl (C=O) groups is 2. The molecular formula is C12H11NO3. The van der Waals surface area contributed by atoms with Crippen LogP contribution in [0.3, 0.4) is 0 Å². The third kappa shape index (κ3) is 1.58. The average Bonchev–Trinajstić information content (AvgIpc) is 2.54. The summed E-state index contributed by atoms with van der Waals surface area (Å²) in [6, 6.07) is 7.18. The zero-order valence-electron chi connectivity index (χ0n) is 8.78. The Morgan fingerprint density at radius 1 is 1.12 bits per heavy atom. The summed E-state index contributed by atoms with van der Waals surface area (Å²) >= 11 is 0. The lowest BCUT2D eigenvalue weighted by Crippen LogP contribution is -2.22. The second kappa shape index (κ2) is 3.81. The van der Waals surface area contributed by atoms with Gasteiger partial charge in [0.25, 0.3) is 11.8 Å². The van der Waals surface area contributed by atoms with E-state index in [4.69, 9.17) is 0 Å². The van der Waals surface area contributed by atoms with E-state index in [0.717, 1.165) is 12.0 Å². The van der Waals surface area contributed by atoms with Crippen LogP contribution in [0.1, 0.15) is 18.1 Å². The van der Waals surface area contributed by atoms with Gasteiger partial charge in [-0.3, -0.25) is 14.9 Å². The first-order valence-corrected chi connectivity index (χ1v) is 5.01. The van der Waals surface area contributed by atoms with Gasteiger partial charge in [0.1, 0.15) is 0 Å². The summed E-state index contributed by atoms with van der Waals surface area (Å²) < 4.78 is 0. The highest BCUT2D eigenvalue weighted by molar-refractivity contribution is 6.35. The van der Waals surface area contributed by atoms with Crippen molar-refractivity contribution in [3.05, 3.63) is 41.2 Å². The molecule has 0 fully saturated rings. The zero-order chi connectivity index (χ0) is 11.7.